The number of carbonyl (C=O) groups is 2. The molecule has 2 N–H and O–H groups in total. The summed E-state index contributed by atoms with van der Waals surface area (Å²) >= 11 is 0. The largest absolute Gasteiger partial charge is 0.471 e. The Kier molecular flexibility index (Phi) is 10.7. The molecule has 160 valence electrons. The van der Waals surface area contributed by atoms with Crippen LogP contribution in [0.4, 0.5) is 18.0 Å². The predicted octanol–water partition coefficient (Wildman–Crippen LogP) is 3.22. The van der Waals surface area contributed by atoms with Crippen molar-refractivity contribution < 1.29 is 32.0 Å². The summed E-state index contributed by atoms with van der Waals surface area (Å²) < 4.78 is 42.4. The number of nitrogens with zero attached hydrogens (tertiary/aromatic N) is 1. The van der Waals surface area contributed by atoms with Gasteiger partial charge in [0.2, 0.25) is 0 Å². The first-order valence-electron chi connectivity index (χ1n) is 9.44. The van der Waals surface area contributed by atoms with Gasteiger partial charge in [-0.2, -0.15) is 13.2 Å². The Bertz CT molecular complexity index is 465. The Morgan fingerprint density at radius 3 is 1.85 bits per heavy atom. The number of rotatable bonds is 11. The molecule has 0 aromatic rings. The maximum atomic E-state index is 12.2. The fraction of sp³-hybridized carbons (Fsp3) is 0.889. The highest BCUT2D eigenvalue weighted by atomic mass is 19.4. The van der Waals surface area contributed by atoms with Crippen molar-refractivity contribution in [2.24, 2.45) is 0 Å². The van der Waals surface area contributed by atoms with E-state index < -0.39 is 23.8 Å². The lowest BCUT2D eigenvalue weighted by molar-refractivity contribution is -0.910. The third-order valence-electron chi connectivity index (χ3n) is 4.01. The highest BCUT2D eigenvalue weighted by Crippen LogP contribution is 2.14. The summed E-state index contributed by atoms with van der Waals surface area (Å²) in [5, 5.41) is 4.62. The summed E-state index contributed by atoms with van der Waals surface area (Å²) in [5.41, 5.74) is -0.545. The van der Waals surface area contributed by atoms with Crippen LogP contribution in [0.25, 0.3) is 0 Å². The van der Waals surface area contributed by atoms with Gasteiger partial charge in [0.25, 0.3) is 0 Å². The zero-order chi connectivity index (χ0) is 21.1. The molecule has 0 aliphatic rings. The molecule has 2 amide bonds. The predicted molar refractivity (Wildman–Crippen MR) is 98.2 cm³/mol. The second kappa shape index (κ2) is 11.4. The molecule has 0 saturated heterocycles. The number of amides is 2. The lowest BCUT2D eigenvalue weighted by Gasteiger charge is -2.35. The van der Waals surface area contributed by atoms with Gasteiger partial charge in [0.1, 0.15) is 5.60 Å². The van der Waals surface area contributed by atoms with Crippen molar-refractivity contribution in [3.63, 3.8) is 0 Å². The van der Waals surface area contributed by atoms with Crippen LogP contribution in [0.15, 0.2) is 0 Å². The second-order valence-corrected chi connectivity index (χ2v) is 8.03. The molecule has 0 bridgehead atoms. The van der Waals surface area contributed by atoms with Crippen LogP contribution in [0, 0.1) is 0 Å². The van der Waals surface area contributed by atoms with Crippen LogP contribution in [0.5, 0.6) is 0 Å². The minimum Gasteiger partial charge on any atom is -0.444 e. The molecule has 0 aromatic heterocycles. The molecule has 27 heavy (non-hydrogen) atoms. The van der Waals surface area contributed by atoms with E-state index in [1.807, 2.05) is 5.32 Å². The van der Waals surface area contributed by atoms with Gasteiger partial charge in [-0.25, -0.2) is 4.79 Å². The maximum Gasteiger partial charge on any atom is 0.471 e. The number of hydrogen-bond acceptors (Lipinski definition) is 3. The van der Waals surface area contributed by atoms with Gasteiger partial charge in [-0.15, -0.1) is 0 Å². The first-order chi connectivity index (χ1) is 12.3. The monoisotopic (exact) mass is 398 g/mol. The van der Waals surface area contributed by atoms with Crippen LogP contribution in [0.2, 0.25) is 0 Å². The minimum absolute atomic E-state index is 0.00549. The van der Waals surface area contributed by atoms with Crippen molar-refractivity contribution >= 4 is 12.0 Å². The number of unbranched alkanes of at least 4 members (excludes halogenated alkanes) is 1. The first kappa shape index (κ1) is 25.5. The fourth-order valence-corrected chi connectivity index (χ4v) is 2.60. The highest BCUT2D eigenvalue weighted by Gasteiger charge is 2.38. The average molecular weight is 398 g/mol. The van der Waals surface area contributed by atoms with E-state index >= 15 is 0 Å². The van der Waals surface area contributed by atoms with Crippen LogP contribution < -0.4 is 10.6 Å². The Labute approximate surface area is 160 Å². The van der Waals surface area contributed by atoms with Crippen molar-refractivity contribution in [3.05, 3.63) is 0 Å². The summed E-state index contributed by atoms with van der Waals surface area (Å²) in [6.07, 6.45) is -2.08. The van der Waals surface area contributed by atoms with E-state index in [9.17, 15) is 22.8 Å². The molecule has 0 spiro atoms. The van der Waals surface area contributed by atoms with Crippen molar-refractivity contribution in [1.82, 2.24) is 10.6 Å². The van der Waals surface area contributed by atoms with Gasteiger partial charge in [0.05, 0.1) is 26.7 Å². The lowest BCUT2D eigenvalue weighted by atomic mass is 10.2. The topological polar surface area (TPSA) is 67.4 Å². The third-order valence-corrected chi connectivity index (χ3v) is 4.01. The SMILES string of the molecule is CCCC[N+](C)(CCCNC(=O)OC(C)(C)C)CCCNC(=O)C(F)(F)F. The van der Waals surface area contributed by atoms with Gasteiger partial charge >= 0.3 is 18.2 Å². The Balaban J connectivity index is 4.30. The van der Waals surface area contributed by atoms with E-state index in [2.05, 4.69) is 19.3 Å². The van der Waals surface area contributed by atoms with E-state index in [0.29, 0.717) is 24.0 Å². The summed E-state index contributed by atoms with van der Waals surface area (Å²) in [7, 11) is 2.05. The molecule has 6 nitrogen and oxygen atoms in total. The Morgan fingerprint density at radius 1 is 0.926 bits per heavy atom. The summed E-state index contributed by atoms with van der Waals surface area (Å²) in [6.45, 7) is 10.3. The van der Waals surface area contributed by atoms with Gasteiger partial charge < -0.3 is 19.9 Å². The van der Waals surface area contributed by atoms with E-state index in [-0.39, 0.29) is 6.54 Å². The number of ether oxygens (including phenoxy) is 1. The number of nitrogens with one attached hydrogen (secondary N) is 2. The number of alkyl halides is 3. The minimum atomic E-state index is -4.84. The molecule has 0 radical (unpaired) electrons. The first-order valence-corrected chi connectivity index (χ1v) is 9.44. The van der Waals surface area contributed by atoms with Gasteiger partial charge in [-0.05, 0) is 27.2 Å². The number of halogens is 3. The molecule has 1 atom stereocenters. The zero-order valence-corrected chi connectivity index (χ0v) is 17.2. The Morgan fingerprint density at radius 2 is 1.41 bits per heavy atom. The summed E-state index contributed by atoms with van der Waals surface area (Å²) in [6, 6.07) is 0. The van der Waals surface area contributed by atoms with Crippen molar-refractivity contribution in [3.8, 4) is 0 Å². The number of alkyl carbamates (subject to hydrolysis) is 1. The van der Waals surface area contributed by atoms with E-state index in [0.717, 1.165) is 32.4 Å². The molecule has 0 aromatic carbocycles. The molecule has 0 aliphatic carbocycles. The van der Waals surface area contributed by atoms with E-state index in [4.69, 9.17) is 4.74 Å². The molecule has 0 rings (SSSR count). The standard InChI is InChI=1S/C18H34F3N3O3/c1-6-7-12-24(5,13-8-10-22-15(25)18(19,20)21)14-9-11-23-16(26)27-17(2,3)4/h6-14H2,1-5H3,(H-,22,23,25,26)/p+1. The zero-order valence-electron chi connectivity index (χ0n) is 17.2. The van der Waals surface area contributed by atoms with Gasteiger partial charge in [-0.1, -0.05) is 13.3 Å². The van der Waals surface area contributed by atoms with Gasteiger partial charge in [0, 0.05) is 25.9 Å². The quantitative estimate of drug-likeness (QED) is 0.415. The van der Waals surface area contributed by atoms with Crippen LogP contribution in [0.1, 0.15) is 53.4 Å². The average Bonchev–Trinajstić information content (AvgIpc) is 2.51. The van der Waals surface area contributed by atoms with E-state index in [1.165, 1.54) is 0 Å². The fourth-order valence-electron chi connectivity index (χ4n) is 2.60. The number of carbonyl (C=O) groups excluding carboxylic acids is 2. The Hall–Kier alpha value is -1.51. The molecule has 0 heterocycles. The molecule has 0 saturated carbocycles. The van der Waals surface area contributed by atoms with Crippen molar-refractivity contribution in [2.75, 3.05) is 39.8 Å². The summed E-state index contributed by atoms with van der Waals surface area (Å²) in [4.78, 5) is 22.5. The van der Waals surface area contributed by atoms with Crippen molar-refractivity contribution in [1.29, 1.82) is 0 Å². The van der Waals surface area contributed by atoms with Crippen molar-refractivity contribution in [2.45, 2.75) is 65.2 Å². The van der Waals surface area contributed by atoms with E-state index in [1.54, 1.807) is 20.8 Å². The number of hydrogen-bond donors (Lipinski definition) is 2. The second-order valence-electron chi connectivity index (χ2n) is 8.03. The van der Waals surface area contributed by atoms with Gasteiger partial charge in [-0.3, -0.25) is 4.79 Å². The smallest absolute Gasteiger partial charge is 0.444 e. The molecule has 0 fully saturated rings. The third kappa shape index (κ3) is 13.3. The molecule has 0 aliphatic heterocycles. The molecular formula is C18H35F3N3O3+. The lowest BCUT2D eigenvalue weighted by Crippen LogP contribution is -2.48. The summed E-state index contributed by atoms with van der Waals surface area (Å²) in [5.74, 6) is -1.90. The number of quaternary nitrogens is 1. The normalized spacial score (nSPS) is 14.4. The molecule has 9 heteroatoms. The molecule has 1 unspecified atom stereocenters. The van der Waals surface area contributed by atoms with Crippen LogP contribution in [-0.4, -0.2) is 68.0 Å². The van der Waals surface area contributed by atoms with Crippen LogP contribution >= 0.6 is 0 Å². The van der Waals surface area contributed by atoms with Crippen LogP contribution in [0.3, 0.4) is 0 Å². The maximum absolute atomic E-state index is 12.2. The molecular weight excluding hydrogens is 363 g/mol. The highest BCUT2D eigenvalue weighted by molar-refractivity contribution is 5.81. The van der Waals surface area contributed by atoms with Gasteiger partial charge in [0.15, 0.2) is 0 Å². The van der Waals surface area contributed by atoms with Crippen LogP contribution in [-0.2, 0) is 9.53 Å².